The number of carbonyl (C=O) groups excluding carboxylic acids is 2. The number of benzene rings is 2. The summed E-state index contributed by atoms with van der Waals surface area (Å²) in [6.07, 6.45) is 2.75. The first-order valence-electron chi connectivity index (χ1n) is 10.6. The first-order chi connectivity index (χ1) is 15.6. The van der Waals surface area contributed by atoms with Crippen molar-refractivity contribution in [2.75, 3.05) is 23.7 Å². The average Bonchev–Trinajstić information content (AvgIpc) is 2.76. The molecule has 1 N–H and O–H groups in total. The van der Waals surface area contributed by atoms with Gasteiger partial charge in [-0.1, -0.05) is 60.8 Å². The number of unbranched alkanes of at least 4 members (excludes halogenated alkanes) is 1. The average molecular weight is 514 g/mol. The van der Waals surface area contributed by atoms with E-state index in [1.54, 1.807) is 55.5 Å². The summed E-state index contributed by atoms with van der Waals surface area (Å²) in [5.41, 5.74) is 0.831. The smallest absolute Gasteiger partial charge is 0.244 e. The quantitative estimate of drug-likeness (QED) is 0.458. The van der Waals surface area contributed by atoms with Gasteiger partial charge in [0.25, 0.3) is 0 Å². The van der Waals surface area contributed by atoms with Crippen LogP contribution in [0.2, 0.25) is 10.0 Å². The molecule has 0 aliphatic carbocycles. The SMILES string of the molecule is CCCCNC(=O)[C@@H](C)N(Cc1c(Cl)cccc1Cl)C(=O)CN(c1ccccc1)S(C)(=O)=O. The molecule has 7 nitrogen and oxygen atoms in total. The Bertz CT molecular complexity index is 1040. The van der Waals surface area contributed by atoms with E-state index in [2.05, 4.69) is 5.32 Å². The van der Waals surface area contributed by atoms with E-state index in [1.165, 1.54) is 4.90 Å². The summed E-state index contributed by atoms with van der Waals surface area (Å²) >= 11 is 12.6. The number of anilines is 1. The monoisotopic (exact) mass is 513 g/mol. The van der Waals surface area contributed by atoms with Gasteiger partial charge < -0.3 is 10.2 Å². The highest BCUT2D eigenvalue weighted by atomic mass is 35.5. The molecule has 2 aromatic rings. The van der Waals surface area contributed by atoms with Crippen LogP contribution in [-0.4, -0.2) is 50.5 Å². The zero-order valence-electron chi connectivity index (χ0n) is 18.9. The highest BCUT2D eigenvalue weighted by Crippen LogP contribution is 2.27. The highest BCUT2D eigenvalue weighted by Gasteiger charge is 2.30. The van der Waals surface area contributed by atoms with Gasteiger partial charge >= 0.3 is 0 Å². The van der Waals surface area contributed by atoms with Crippen LogP contribution in [0, 0.1) is 0 Å². The van der Waals surface area contributed by atoms with Crippen LogP contribution in [0.25, 0.3) is 0 Å². The van der Waals surface area contributed by atoms with Crippen LogP contribution in [0.15, 0.2) is 48.5 Å². The van der Waals surface area contributed by atoms with Crippen molar-refractivity contribution in [1.82, 2.24) is 10.2 Å². The number of nitrogens with one attached hydrogen (secondary N) is 1. The van der Waals surface area contributed by atoms with Gasteiger partial charge in [-0.2, -0.15) is 0 Å². The molecule has 0 saturated carbocycles. The van der Waals surface area contributed by atoms with Crippen LogP contribution in [0.5, 0.6) is 0 Å². The van der Waals surface area contributed by atoms with Gasteiger partial charge in [0.1, 0.15) is 12.6 Å². The Morgan fingerprint density at radius 3 is 2.18 bits per heavy atom. The van der Waals surface area contributed by atoms with Gasteiger partial charge in [0.05, 0.1) is 11.9 Å². The maximum Gasteiger partial charge on any atom is 0.244 e. The van der Waals surface area contributed by atoms with Crippen molar-refractivity contribution in [3.8, 4) is 0 Å². The van der Waals surface area contributed by atoms with Crippen LogP contribution in [0.1, 0.15) is 32.3 Å². The predicted octanol–water partition coefficient (Wildman–Crippen LogP) is 4.09. The Morgan fingerprint density at radius 1 is 1.03 bits per heavy atom. The number of hydrogen-bond donors (Lipinski definition) is 1. The van der Waals surface area contributed by atoms with E-state index in [9.17, 15) is 18.0 Å². The second-order valence-electron chi connectivity index (χ2n) is 7.65. The molecule has 1 atom stereocenters. The molecule has 0 aliphatic rings. The van der Waals surface area contributed by atoms with Gasteiger partial charge in [-0.15, -0.1) is 0 Å². The number of rotatable bonds is 11. The van der Waals surface area contributed by atoms with E-state index < -0.39 is 28.5 Å². The zero-order chi connectivity index (χ0) is 24.6. The Labute approximate surface area is 205 Å². The van der Waals surface area contributed by atoms with Crippen molar-refractivity contribution in [3.63, 3.8) is 0 Å². The minimum Gasteiger partial charge on any atom is -0.354 e. The molecule has 2 rings (SSSR count). The molecule has 0 radical (unpaired) electrons. The minimum absolute atomic E-state index is 0.0495. The molecular formula is C23H29Cl2N3O4S. The van der Waals surface area contributed by atoms with E-state index in [0.717, 1.165) is 23.4 Å². The summed E-state index contributed by atoms with van der Waals surface area (Å²) < 4.78 is 25.9. The zero-order valence-corrected chi connectivity index (χ0v) is 21.3. The lowest BCUT2D eigenvalue weighted by molar-refractivity contribution is -0.139. The molecule has 0 bridgehead atoms. The Kier molecular flexibility index (Phi) is 10.0. The normalized spacial score (nSPS) is 12.2. The largest absolute Gasteiger partial charge is 0.354 e. The molecule has 2 amide bonds. The van der Waals surface area contributed by atoms with Crippen molar-refractivity contribution >= 4 is 50.7 Å². The van der Waals surface area contributed by atoms with E-state index >= 15 is 0 Å². The molecule has 0 spiro atoms. The molecule has 0 aliphatic heterocycles. The lowest BCUT2D eigenvalue weighted by Crippen LogP contribution is -2.51. The van der Waals surface area contributed by atoms with Crippen LogP contribution in [0.4, 0.5) is 5.69 Å². The van der Waals surface area contributed by atoms with Gasteiger partial charge in [0.15, 0.2) is 0 Å². The van der Waals surface area contributed by atoms with Gasteiger partial charge in [-0.3, -0.25) is 13.9 Å². The van der Waals surface area contributed by atoms with Gasteiger partial charge in [-0.05, 0) is 37.6 Å². The molecule has 0 heterocycles. The fourth-order valence-corrected chi connectivity index (χ4v) is 4.55. The number of amides is 2. The third-order valence-electron chi connectivity index (χ3n) is 5.11. The lowest BCUT2D eigenvalue weighted by atomic mass is 10.1. The van der Waals surface area contributed by atoms with Crippen molar-refractivity contribution < 1.29 is 18.0 Å². The predicted molar refractivity (Wildman–Crippen MR) is 133 cm³/mol. The van der Waals surface area contributed by atoms with Crippen molar-refractivity contribution in [2.24, 2.45) is 0 Å². The lowest BCUT2D eigenvalue weighted by Gasteiger charge is -2.32. The molecule has 180 valence electrons. The number of para-hydroxylation sites is 1. The molecule has 0 saturated heterocycles. The number of hydrogen-bond acceptors (Lipinski definition) is 4. The third-order valence-corrected chi connectivity index (χ3v) is 6.96. The Balaban J connectivity index is 2.38. The maximum atomic E-state index is 13.4. The number of sulfonamides is 1. The fourth-order valence-electron chi connectivity index (χ4n) is 3.18. The second-order valence-corrected chi connectivity index (χ2v) is 10.4. The first-order valence-corrected chi connectivity index (χ1v) is 13.2. The van der Waals surface area contributed by atoms with E-state index in [4.69, 9.17) is 23.2 Å². The molecule has 2 aromatic carbocycles. The molecule has 33 heavy (non-hydrogen) atoms. The van der Waals surface area contributed by atoms with Gasteiger partial charge in [-0.25, -0.2) is 8.42 Å². The molecular weight excluding hydrogens is 485 g/mol. The summed E-state index contributed by atoms with van der Waals surface area (Å²) in [6.45, 7) is 3.56. The van der Waals surface area contributed by atoms with Crippen molar-refractivity contribution in [1.29, 1.82) is 0 Å². The van der Waals surface area contributed by atoms with Crippen molar-refractivity contribution in [2.45, 2.75) is 39.3 Å². The number of carbonyl (C=O) groups is 2. The summed E-state index contributed by atoms with van der Waals surface area (Å²) in [4.78, 5) is 27.5. The standard InChI is InChI=1S/C23H29Cl2N3O4S/c1-4-5-14-26-23(30)17(2)27(15-19-20(24)12-9-13-21(19)25)22(29)16-28(33(3,31)32)18-10-7-6-8-11-18/h6-13,17H,4-5,14-16H2,1-3H3,(H,26,30)/t17-/m1/s1. The summed E-state index contributed by atoms with van der Waals surface area (Å²) in [7, 11) is -3.77. The maximum absolute atomic E-state index is 13.4. The van der Waals surface area contributed by atoms with Crippen molar-refractivity contribution in [3.05, 3.63) is 64.1 Å². The molecule has 0 fully saturated rings. The van der Waals surface area contributed by atoms with Gasteiger partial charge in [0, 0.05) is 28.7 Å². The van der Waals surface area contributed by atoms with Crippen LogP contribution in [0.3, 0.4) is 0 Å². The third kappa shape index (κ3) is 7.62. The first kappa shape index (κ1) is 27.0. The minimum atomic E-state index is -3.77. The van der Waals surface area contributed by atoms with Gasteiger partial charge in [0.2, 0.25) is 21.8 Å². The Hall–Kier alpha value is -2.29. The number of nitrogens with zero attached hydrogens (tertiary/aromatic N) is 2. The van der Waals surface area contributed by atoms with E-state index in [0.29, 0.717) is 27.8 Å². The topological polar surface area (TPSA) is 86.8 Å². The molecule has 0 aromatic heterocycles. The summed E-state index contributed by atoms with van der Waals surface area (Å²) in [5, 5.41) is 3.52. The highest BCUT2D eigenvalue weighted by molar-refractivity contribution is 7.92. The van der Waals surface area contributed by atoms with Crippen LogP contribution in [-0.2, 0) is 26.2 Å². The molecule has 0 unspecified atom stereocenters. The number of halogens is 2. The summed E-state index contributed by atoms with van der Waals surface area (Å²) in [5.74, 6) is -0.899. The fraction of sp³-hybridized carbons (Fsp3) is 0.391. The van der Waals surface area contributed by atoms with E-state index in [1.807, 2.05) is 6.92 Å². The second kappa shape index (κ2) is 12.3. The van der Waals surface area contributed by atoms with E-state index in [-0.39, 0.29) is 12.5 Å². The summed E-state index contributed by atoms with van der Waals surface area (Å²) in [6, 6.07) is 12.4. The molecule has 10 heteroatoms. The van der Waals surface area contributed by atoms with Crippen LogP contribution >= 0.6 is 23.2 Å². The van der Waals surface area contributed by atoms with Crippen LogP contribution < -0.4 is 9.62 Å². The Morgan fingerprint density at radius 2 is 1.64 bits per heavy atom.